The van der Waals surface area contributed by atoms with Crippen LogP contribution in [0.5, 0.6) is 0 Å². The average Bonchev–Trinajstić information content (AvgIpc) is 3.04. The van der Waals surface area contributed by atoms with E-state index in [9.17, 15) is 4.39 Å². The first-order valence-electron chi connectivity index (χ1n) is 8.31. The first kappa shape index (κ1) is 16.1. The van der Waals surface area contributed by atoms with Gasteiger partial charge >= 0.3 is 0 Å². The average molecular weight is 317 g/mol. The first-order valence-corrected chi connectivity index (χ1v) is 8.31. The molecule has 2 aromatic rings. The molecule has 3 rings (SSSR count). The number of piperidine rings is 1. The standard InChI is InChI=1S/C18H24FN3O/c1-14(15-2-4-17(19)5-3-15)21-10-7-16(8-11-21)18-6-9-20-22(18)12-13-23/h2-6,9,14,16,23H,7-8,10-13H2,1H3. The molecule has 1 aromatic carbocycles. The minimum atomic E-state index is -0.184. The van der Waals surface area contributed by atoms with Crippen LogP contribution in [0.1, 0.15) is 43.0 Å². The van der Waals surface area contributed by atoms with Gasteiger partial charge in [0.05, 0.1) is 13.2 Å². The molecule has 0 aliphatic carbocycles. The molecule has 0 saturated carbocycles. The number of nitrogens with zero attached hydrogens (tertiary/aromatic N) is 3. The Morgan fingerprint density at radius 3 is 2.57 bits per heavy atom. The Labute approximate surface area is 136 Å². The Bertz CT molecular complexity index is 617. The molecule has 0 radical (unpaired) electrons. The van der Waals surface area contributed by atoms with E-state index in [1.165, 1.54) is 17.8 Å². The van der Waals surface area contributed by atoms with Crippen molar-refractivity contribution in [2.24, 2.45) is 0 Å². The predicted octanol–water partition coefficient (Wildman–Crippen LogP) is 2.96. The van der Waals surface area contributed by atoms with Crippen LogP contribution < -0.4 is 0 Å². The number of hydrogen-bond acceptors (Lipinski definition) is 3. The van der Waals surface area contributed by atoms with Gasteiger partial charge in [-0.2, -0.15) is 5.10 Å². The number of aliphatic hydroxyl groups is 1. The number of hydrogen-bond donors (Lipinski definition) is 1. The van der Waals surface area contributed by atoms with Gasteiger partial charge in [0, 0.05) is 23.9 Å². The lowest BCUT2D eigenvalue weighted by Crippen LogP contribution is -2.35. The molecule has 4 nitrogen and oxygen atoms in total. The van der Waals surface area contributed by atoms with Crippen LogP contribution in [0.25, 0.3) is 0 Å². The van der Waals surface area contributed by atoms with Gasteiger partial charge in [-0.25, -0.2) is 4.39 Å². The van der Waals surface area contributed by atoms with Crippen LogP contribution in [-0.4, -0.2) is 39.5 Å². The van der Waals surface area contributed by atoms with Gasteiger partial charge in [0.1, 0.15) is 5.82 Å². The molecule has 1 fully saturated rings. The van der Waals surface area contributed by atoms with E-state index in [0.29, 0.717) is 18.5 Å². The van der Waals surface area contributed by atoms with Gasteiger partial charge in [-0.05, 0) is 56.6 Å². The summed E-state index contributed by atoms with van der Waals surface area (Å²) in [6, 6.07) is 9.20. The third kappa shape index (κ3) is 3.62. The van der Waals surface area contributed by atoms with E-state index in [-0.39, 0.29) is 12.4 Å². The zero-order valence-electron chi connectivity index (χ0n) is 13.5. The summed E-state index contributed by atoms with van der Waals surface area (Å²) in [5.74, 6) is 0.317. The van der Waals surface area contributed by atoms with E-state index in [2.05, 4.69) is 23.0 Å². The lowest BCUT2D eigenvalue weighted by atomic mass is 9.92. The topological polar surface area (TPSA) is 41.3 Å². The lowest BCUT2D eigenvalue weighted by Gasteiger charge is -2.36. The molecule has 5 heteroatoms. The van der Waals surface area contributed by atoms with Gasteiger partial charge in [0.25, 0.3) is 0 Å². The maximum Gasteiger partial charge on any atom is 0.123 e. The van der Waals surface area contributed by atoms with E-state index in [4.69, 9.17) is 5.11 Å². The molecular weight excluding hydrogens is 293 g/mol. The molecule has 2 heterocycles. The fourth-order valence-corrected chi connectivity index (χ4v) is 3.51. The quantitative estimate of drug-likeness (QED) is 0.922. The number of rotatable bonds is 5. The predicted molar refractivity (Wildman–Crippen MR) is 87.7 cm³/mol. The smallest absolute Gasteiger partial charge is 0.123 e. The molecule has 1 aliphatic rings. The van der Waals surface area contributed by atoms with Crippen molar-refractivity contribution in [2.45, 2.75) is 38.3 Å². The van der Waals surface area contributed by atoms with Crippen LogP contribution in [0.4, 0.5) is 4.39 Å². The summed E-state index contributed by atoms with van der Waals surface area (Å²) in [5.41, 5.74) is 2.39. The molecule has 1 atom stereocenters. The third-order valence-corrected chi connectivity index (χ3v) is 4.91. The van der Waals surface area contributed by atoms with Crippen LogP contribution in [0.2, 0.25) is 0 Å². The number of benzene rings is 1. The molecule has 124 valence electrons. The highest BCUT2D eigenvalue weighted by Gasteiger charge is 2.26. The van der Waals surface area contributed by atoms with Crippen LogP contribution in [0.3, 0.4) is 0 Å². The Hall–Kier alpha value is -1.72. The van der Waals surface area contributed by atoms with Crippen molar-refractivity contribution in [3.05, 3.63) is 53.6 Å². The third-order valence-electron chi connectivity index (χ3n) is 4.91. The molecule has 23 heavy (non-hydrogen) atoms. The number of aromatic nitrogens is 2. The normalized spacial score (nSPS) is 18.2. The molecule has 0 bridgehead atoms. The highest BCUT2D eigenvalue weighted by Crippen LogP contribution is 2.32. The minimum absolute atomic E-state index is 0.120. The SMILES string of the molecule is CC(c1ccc(F)cc1)N1CCC(c2ccnn2CCO)CC1. The van der Waals surface area contributed by atoms with Crippen LogP contribution >= 0.6 is 0 Å². The molecule has 1 N–H and O–H groups in total. The highest BCUT2D eigenvalue weighted by atomic mass is 19.1. The summed E-state index contributed by atoms with van der Waals surface area (Å²) in [6.45, 7) is 4.91. The number of halogens is 1. The van der Waals surface area contributed by atoms with Gasteiger partial charge in [0.2, 0.25) is 0 Å². The maximum absolute atomic E-state index is 13.1. The van der Waals surface area contributed by atoms with Gasteiger partial charge in [-0.3, -0.25) is 9.58 Å². The summed E-state index contributed by atoms with van der Waals surface area (Å²) in [7, 11) is 0. The van der Waals surface area contributed by atoms with Crippen molar-refractivity contribution in [3.63, 3.8) is 0 Å². The van der Waals surface area contributed by atoms with Gasteiger partial charge in [-0.1, -0.05) is 12.1 Å². The largest absolute Gasteiger partial charge is 0.394 e. The fraction of sp³-hybridized carbons (Fsp3) is 0.500. The van der Waals surface area contributed by atoms with E-state index in [1.54, 1.807) is 0 Å². The van der Waals surface area contributed by atoms with Crippen molar-refractivity contribution >= 4 is 0 Å². The van der Waals surface area contributed by atoms with Gasteiger partial charge < -0.3 is 5.11 Å². The van der Waals surface area contributed by atoms with Crippen LogP contribution in [-0.2, 0) is 6.54 Å². The molecule has 1 unspecified atom stereocenters. The first-order chi connectivity index (χ1) is 11.2. The second kappa shape index (κ2) is 7.23. The van der Waals surface area contributed by atoms with E-state index < -0.39 is 0 Å². The van der Waals surface area contributed by atoms with Crippen molar-refractivity contribution < 1.29 is 9.50 Å². The van der Waals surface area contributed by atoms with Crippen molar-refractivity contribution in [3.8, 4) is 0 Å². The maximum atomic E-state index is 13.1. The molecule has 0 amide bonds. The monoisotopic (exact) mass is 317 g/mol. The Balaban J connectivity index is 1.61. The van der Waals surface area contributed by atoms with Crippen LogP contribution in [0, 0.1) is 5.82 Å². The van der Waals surface area contributed by atoms with Crippen molar-refractivity contribution in [1.29, 1.82) is 0 Å². The summed E-state index contributed by atoms with van der Waals surface area (Å²) < 4.78 is 15.0. The van der Waals surface area contributed by atoms with E-state index in [0.717, 1.165) is 31.5 Å². The molecule has 1 saturated heterocycles. The summed E-state index contributed by atoms with van der Waals surface area (Å²) in [4.78, 5) is 2.45. The summed E-state index contributed by atoms with van der Waals surface area (Å²) in [5, 5.41) is 13.4. The van der Waals surface area contributed by atoms with E-state index >= 15 is 0 Å². The Morgan fingerprint density at radius 2 is 1.91 bits per heavy atom. The zero-order chi connectivity index (χ0) is 16.2. The number of aliphatic hydroxyl groups excluding tert-OH is 1. The van der Waals surface area contributed by atoms with Crippen molar-refractivity contribution in [1.82, 2.24) is 14.7 Å². The molecular formula is C18H24FN3O. The Kier molecular flexibility index (Phi) is 5.08. The number of likely N-dealkylation sites (tertiary alicyclic amines) is 1. The van der Waals surface area contributed by atoms with Gasteiger partial charge in [-0.15, -0.1) is 0 Å². The molecule has 1 aromatic heterocycles. The lowest BCUT2D eigenvalue weighted by molar-refractivity contribution is 0.159. The summed E-state index contributed by atoms with van der Waals surface area (Å²) in [6.07, 6.45) is 3.99. The highest BCUT2D eigenvalue weighted by molar-refractivity contribution is 5.20. The molecule has 0 spiro atoms. The molecule has 1 aliphatic heterocycles. The van der Waals surface area contributed by atoms with Gasteiger partial charge in [0.15, 0.2) is 0 Å². The second-order valence-electron chi connectivity index (χ2n) is 6.24. The van der Waals surface area contributed by atoms with Crippen molar-refractivity contribution in [2.75, 3.05) is 19.7 Å². The second-order valence-corrected chi connectivity index (χ2v) is 6.24. The minimum Gasteiger partial charge on any atom is -0.394 e. The van der Waals surface area contributed by atoms with Crippen LogP contribution in [0.15, 0.2) is 36.5 Å². The van der Waals surface area contributed by atoms with E-state index in [1.807, 2.05) is 23.0 Å². The Morgan fingerprint density at radius 1 is 1.22 bits per heavy atom. The summed E-state index contributed by atoms with van der Waals surface area (Å²) >= 11 is 0. The zero-order valence-corrected chi connectivity index (χ0v) is 13.5. The fourth-order valence-electron chi connectivity index (χ4n) is 3.51.